The molecule has 1 aromatic heterocycles. The normalized spacial score (nSPS) is 14.6. The van der Waals surface area contributed by atoms with E-state index in [1.807, 2.05) is 48.5 Å². The Morgan fingerprint density at radius 1 is 1.24 bits per heavy atom. The number of benzene rings is 2. The first kappa shape index (κ1) is 24.7. The molecule has 0 spiro atoms. The molecule has 7 nitrogen and oxygen atoms in total. The zero-order valence-corrected chi connectivity index (χ0v) is 21.7. The van der Waals surface area contributed by atoms with Crippen LogP contribution in [0.3, 0.4) is 0 Å². The SMILES string of the molecule is COc1ccc(/C=C2\SC(=S)N(CC(=O)Nc3nnc(SCc4ccccc4Cl)s3)C2=O)cc1. The molecule has 1 saturated heterocycles. The van der Waals surface area contributed by atoms with Crippen molar-refractivity contribution in [1.29, 1.82) is 0 Å². The quantitative estimate of drug-likeness (QED) is 0.175. The van der Waals surface area contributed by atoms with E-state index >= 15 is 0 Å². The van der Waals surface area contributed by atoms with Crippen molar-refractivity contribution in [2.24, 2.45) is 0 Å². The maximum absolute atomic E-state index is 12.8. The summed E-state index contributed by atoms with van der Waals surface area (Å²) in [7, 11) is 1.59. The summed E-state index contributed by atoms with van der Waals surface area (Å²) in [4.78, 5) is 27.1. The van der Waals surface area contributed by atoms with E-state index in [0.717, 1.165) is 28.6 Å². The Kier molecular flexibility index (Phi) is 8.22. The van der Waals surface area contributed by atoms with Crippen LogP contribution >= 0.6 is 58.7 Å². The number of nitrogens with zero attached hydrogens (tertiary/aromatic N) is 3. The van der Waals surface area contributed by atoms with Crippen molar-refractivity contribution in [3.05, 3.63) is 69.6 Å². The van der Waals surface area contributed by atoms with Gasteiger partial charge in [0.15, 0.2) is 4.34 Å². The van der Waals surface area contributed by atoms with Crippen molar-refractivity contribution >= 4 is 86.0 Å². The number of hydrogen-bond acceptors (Lipinski definition) is 9. The van der Waals surface area contributed by atoms with Crippen molar-refractivity contribution in [3.63, 3.8) is 0 Å². The van der Waals surface area contributed by atoms with Gasteiger partial charge in [0.25, 0.3) is 5.91 Å². The fourth-order valence-electron chi connectivity index (χ4n) is 2.86. The lowest BCUT2D eigenvalue weighted by Gasteiger charge is -2.13. The summed E-state index contributed by atoms with van der Waals surface area (Å²) in [6.07, 6.45) is 1.74. The standard InChI is InChI=1S/C22H17ClN4O3S4/c1-30-15-8-6-13(7-9-15)10-17-19(29)27(22(31)33-17)11-18(28)24-20-25-26-21(34-20)32-12-14-4-2-3-5-16(14)23/h2-10H,11-12H2,1H3,(H,24,25,28)/b17-10-. The molecular formula is C22H17ClN4O3S4. The molecule has 0 atom stereocenters. The van der Waals surface area contributed by atoms with Crippen LogP contribution in [0.5, 0.6) is 5.75 Å². The van der Waals surface area contributed by atoms with Crippen LogP contribution in [0.1, 0.15) is 11.1 Å². The first-order valence-corrected chi connectivity index (χ1v) is 13.2. The van der Waals surface area contributed by atoms with Gasteiger partial charge in [0.2, 0.25) is 11.0 Å². The summed E-state index contributed by atoms with van der Waals surface area (Å²) in [5, 5.41) is 11.8. The predicted molar refractivity (Wildman–Crippen MR) is 142 cm³/mol. The van der Waals surface area contributed by atoms with Crippen LogP contribution in [-0.2, 0) is 15.3 Å². The summed E-state index contributed by atoms with van der Waals surface area (Å²) >= 11 is 15.4. The molecule has 0 unspecified atom stereocenters. The molecule has 174 valence electrons. The molecule has 0 aliphatic carbocycles. The van der Waals surface area contributed by atoms with Crippen LogP contribution in [0.2, 0.25) is 5.02 Å². The summed E-state index contributed by atoms with van der Waals surface area (Å²) in [6.45, 7) is -0.202. The topological polar surface area (TPSA) is 84.4 Å². The molecule has 2 aromatic carbocycles. The van der Waals surface area contributed by atoms with E-state index in [0.29, 0.717) is 29.5 Å². The van der Waals surface area contributed by atoms with Gasteiger partial charge in [-0.25, -0.2) is 0 Å². The van der Waals surface area contributed by atoms with Gasteiger partial charge in [-0.2, -0.15) is 0 Å². The monoisotopic (exact) mass is 548 g/mol. The molecule has 4 rings (SSSR count). The fraction of sp³-hybridized carbons (Fsp3) is 0.136. The fourth-order valence-corrected chi connectivity index (χ4v) is 6.17. The first-order valence-electron chi connectivity index (χ1n) is 9.82. The number of hydrogen-bond donors (Lipinski definition) is 1. The number of carbonyl (C=O) groups is 2. The van der Waals surface area contributed by atoms with E-state index in [1.165, 1.54) is 28.0 Å². The number of rotatable bonds is 8. The van der Waals surface area contributed by atoms with Crippen molar-refractivity contribution in [2.45, 2.75) is 10.1 Å². The van der Waals surface area contributed by atoms with E-state index in [4.69, 9.17) is 28.6 Å². The van der Waals surface area contributed by atoms with Gasteiger partial charge in [0, 0.05) is 10.8 Å². The number of thioether (sulfide) groups is 2. The molecular weight excluding hydrogens is 532 g/mol. The minimum absolute atomic E-state index is 0.202. The highest BCUT2D eigenvalue weighted by Gasteiger charge is 2.33. The largest absolute Gasteiger partial charge is 0.497 e. The van der Waals surface area contributed by atoms with Gasteiger partial charge in [0.05, 0.1) is 12.0 Å². The third-order valence-electron chi connectivity index (χ3n) is 4.55. The molecule has 1 fully saturated rings. The van der Waals surface area contributed by atoms with Crippen molar-refractivity contribution in [3.8, 4) is 5.75 Å². The molecule has 2 amide bonds. The molecule has 34 heavy (non-hydrogen) atoms. The highest BCUT2D eigenvalue weighted by Crippen LogP contribution is 2.33. The van der Waals surface area contributed by atoms with E-state index in [9.17, 15) is 9.59 Å². The first-order chi connectivity index (χ1) is 16.4. The number of halogens is 1. The second kappa shape index (κ2) is 11.3. The number of anilines is 1. The van der Waals surface area contributed by atoms with Gasteiger partial charge in [-0.05, 0) is 35.4 Å². The van der Waals surface area contributed by atoms with Gasteiger partial charge in [-0.1, -0.05) is 89.0 Å². The summed E-state index contributed by atoms with van der Waals surface area (Å²) in [6, 6.07) is 14.9. The Labute approximate surface area is 218 Å². The lowest BCUT2D eigenvalue weighted by atomic mass is 10.2. The number of carbonyl (C=O) groups excluding carboxylic acids is 2. The van der Waals surface area contributed by atoms with Crippen LogP contribution < -0.4 is 10.1 Å². The van der Waals surface area contributed by atoms with Gasteiger partial charge in [-0.3, -0.25) is 19.8 Å². The van der Waals surface area contributed by atoms with Gasteiger partial charge < -0.3 is 4.74 Å². The Hall–Kier alpha value is -2.44. The highest BCUT2D eigenvalue weighted by molar-refractivity contribution is 8.26. The second-order valence-electron chi connectivity index (χ2n) is 6.84. The number of aromatic nitrogens is 2. The third kappa shape index (κ3) is 6.16. The van der Waals surface area contributed by atoms with Gasteiger partial charge in [0.1, 0.15) is 16.6 Å². The molecule has 2 heterocycles. The van der Waals surface area contributed by atoms with Crippen molar-refractivity contribution < 1.29 is 14.3 Å². The van der Waals surface area contributed by atoms with E-state index < -0.39 is 5.91 Å². The molecule has 1 aliphatic heterocycles. The molecule has 12 heteroatoms. The number of ether oxygens (including phenoxy) is 1. The number of thiocarbonyl (C=S) groups is 1. The van der Waals surface area contributed by atoms with E-state index in [-0.39, 0.29) is 12.5 Å². The number of amides is 2. The van der Waals surface area contributed by atoms with Crippen molar-refractivity contribution in [1.82, 2.24) is 15.1 Å². The summed E-state index contributed by atoms with van der Waals surface area (Å²) < 4.78 is 6.17. The maximum Gasteiger partial charge on any atom is 0.266 e. The maximum atomic E-state index is 12.8. The Morgan fingerprint density at radius 2 is 2.00 bits per heavy atom. The van der Waals surface area contributed by atoms with Gasteiger partial charge in [-0.15, -0.1) is 10.2 Å². The zero-order chi connectivity index (χ0) is 24.1. The average Bonchev–Trinajstić information content (AvgIpc) is 3.38. The van der Waals surface area contributed by atoms with Gasteiger partial charge >= 0.3 is 0 Å². The summed E-state index contributed by atoms with van der Waals surface area (Å²) in [5.74, 6) is 0.651. The molecule has 1 N–H and O–H groups in total. The van der Waals surface area contributed by atoms with E-state index in [1.54, 1.807) is 13.2 Å². The van der Waals surface area contributed by atoms with Crippen LogP contribution in [0.4, 0.5) is 5.13 Å². The van der Waals surface area contributed by atoms with Crippen molar-refractivity contribution in [2.75, 3.05) is 19.0 Å². The summed E-state index contributed by atoms with van der Waals surface area (Å²) in [5.41, 5.74) is 1.83. The molecule has 0 bridgehead atoms. The number of methoxy groups -OCH3 is 1. The minimum Gasteiger partial charge on any atom is -0.497 e. The zero-order valence-electron chi connectivity index (χ0n) is 17.7. The molecule has 3 aromatic rings. The molecule has 1 aliphatic rings. The lowest BCUT2D eigenvalue weighted by Crippen LogP contribution is -2.36. The second-order valence-corrected chi connectivity index (χ2v) is 11.1. The van der Waals surface area contributed by atoms with Crippen LogP contribution in [0.15, 0.2) is 57.8 Å². The average molecular weight is 549 g/mol. The minimum atomic E-state index is -0.402. The Bertz CT molecular complexity index is 1260. The molecule has 0 saturated carbocycles. The molecule has 0 radical (unpaired) electrons. The van der Waals surface area contributed by atoms with Crippen LogP contribution in [-0.4, -0.2) is 44.9 Å². The lowest BCUT2D eigenvalue weighted by molar-refractivity contribution is -0.126. The predicted octanol–water partition coefficient (Wildman–Crippen LogP) is 5.33. The number of nitrogens with one attached hydrogen (secondary N) is 1. The Balaban J connectivity index is 1.33. The van der Waals surface area contributed by atoms with E-state index in [2.05, 4.69) is 15.5 Å². The Morgan fingerprint density at radius 3 is 2.74 bits per heavy atom. The smallest absolute Gasteiger partial charge is 0.266 e. The van der Waals surface area contributed by atoms with Crippen LogP contribution in [0, 0.1) is 0 Å². The highest BCUT2D eigenvalue weighted by atomic mass is 35.5. The third-order valence-corrected chi connectivity index (χ3v) is 8.32. The van der Waals surface area contributed by atoms with Crippen LogP contribution in [0.25, 0.3) is 6.08 Å².